The zero-order chi connectivity index (χ0) is 30.0. The van der Waals surface area contributed by atoms with Gasteiger partial charge in [-0.3, -0.25) is 4.79 Å². The minimum Gasteiger partial charge on any atom is -0.504 e. The zero-order valence-electron chi connectivity index (χ0n) is 21.2. The molecule has 0 spiro atoms. The number of rotatable bonds is 9. The smallest absolute Gasteiger partial charge is 0.229 e. The molecule has 2 aromatic rings. The van der Waals surface area contributed by atoms with Gasteiger partial charge in [0.05, 0.1) is 18.8 Å². The quantitative estimate of drug-likeness (QED) is 0.0875. The maximum Gasteiger partial charge on any atom is 0.229 e. The number of hydrogen-bond acceptors (Lipinski definition) is 15. The van der Waals surface area contributed by atoms with E-state index in [1.165, 1.54) is 24.3 Å². The Morgan fingerprint density at radius 3 is 2.07 bits per heavy atom. The first-order valence-electron chi connectivity index (χ1n) is 12.3. The number of phenolic OH excluding ortho intramolecular Hbond substituents is 4. The van der Waals surface area contributed by atoms with Gasteiger partial charge in [0.25, 0.3) is 0 Å². The van der Waals surface area contributed by atoms with Gasteiger partial charge in [0.1, 0.15) is 42.7 Å². The van der Waals surface area contributed by atoms with E-state index < -0.39 is 97.3 Å². The summed E-state index contributed by atoms with van der Waals surface area (Å²) >= 11 is 0. The van der Waals surface area contributed by atoms with Crippen molar-refractivity contribution in [2.75, 3.05) is 13.2 Å². The Kier molecular flexibility index (Phi) is 9.33. The highest BCUT2D eigenvalue weighted by Crippen LogP contribution is 2.40. The number of carbonyl (C=O) groups is 1. The van der Waals surface area contributed by atoms with Gasteiger partial charge in [0, 0.05) is 0 Å². The summed E-state index contributed by atoms with van der Waals surface area (Å²) in [6, 6.07) is 6.02. The van der Waals surface area contributed by atoms with E-state index in [1.54, 1.807) is 0 Å². The van der Waals surface area contributed by atoms with Gasteiger partial charge in [-0.05, 0) is 35.9 Å². The van der Waals surface area contributed by atoms with Gasteiger partial charge in [-0.1, -0.05) is 12.1 Å². The average molecular weight is 583 g/mol. The Bertz CT molecular complexity index is 1260. The van der Waals surface area contributed by atoms with Gasteiger partial charge < -0.3 is 70.0 Å². The number of ketones is 1. The number of hydrogen-bond donors (Lipinski definition) is 10. The second kappa shape index (κ2) is 12.6. The lowest BCUT2D eigenvalue weighted by atomic mass is 9.98. The van der Waals surface area contributed by atoms with Crippen molar-refractivity contribution in [3.63, 3.8) is 0 Å². The van der Waals surface area contributed by atoms with Gasteiger partial charge in [-0.2, -0.15) is 0 Å². The van der Waals surface area contributed by atoms with E-state index in [4.69, 9.17) is 18.9 Å². The second-order valence-corrected chi connectivity index (χ2v) is 9.39. The van der Waals surface area contributed by atoms with Gasteiger partial charge in [-0.15, -0.1) is 0 Å². The van der Waals surface area contributed by atoms with Crippen LogP contribution in [0.1, 0.15) is 15.9 Å². The third-order valence-electron chi connectivity index (χ3n) is 6.66. The highest BCUT2D eigenvalue weighted by molar-refractivity contribution is 6.09. The lowest BCUT2D eigenvalue weighted by molar-refractivity contribution is -0.315. The molecule has 10 N–H and O–H groups in total. The van der Waals surface area contributed by atoms with Crippen LogP contribution in [0.5, 0.6) is 28.7 Å². The van der Waals surface area contributed by atoms with Crippen molar-refractivity contribution >= 4 is 11.9 Å². The Morgan fingerprint density at radius 2 is 1.44 bits per heavy atom. The fourth-order valence-electron chi connectivity index (χ4n) is 4.34. The number of allylic oxidation sites excluding steroid dienone is 1. The minimum atomic E-state index is -1.87. The van der Waals surface area contributed by atoms with Crippen LogP contribution < -0.4 is 4.74 Å². The lowest BCUT2D eigenvalue weighted by Crippen LogP contribution is -2.62. The Hall–Kier alpha value is -3.51. The van der Waals surface area contributed by atoms with Gasteiger partial charge in [0.15, 0.2) is 35.1 Å². The number of benzene rings is 2. The third kappa shape index (κ3) is 6.23. The van der Waals surface area contributed by atoms with Crippen LogP contribution in [0, 0.1) is 0 Å². The summed E-state index contributed by atoms with van der Waals surface area (Å²) in [5, 5.41) is 100. The summed E-state index contributed by atoms with van der Waals surface area (Å²) in [4.78, 5) is 12.6. The summed E-state index contributed by atoms with van der Waals surface area (Å²) in [5.74, 6) is -3.73. The molecule has 0 aliphatic carbocycles. The number of aliphatic hydroxyl groups excluding tert-OH is 6. The van der Waals surface area contributed by atoms with Gasteiger partial charge >= 0.3 is 0 Å². The molecule has 2 aliphatic rings. The summed E-state index contributed by atoms with van der Waals surface area (Å²) in [6.07, 6.45) is -11.8. The molecule has 41 heavy (non-hydrogen) atoms. The van der Waals surface area contributed by atoms with Crippen molar-refractivity contribution in [2.24, 2.45) is 0 Å². The molecule has 0 radical (unpaired) electrons. The Morgan fingerprint density at radius 1 is 0.780 bits per heavy atom. The molecule has 9 atom stereocenters. The van der Waals surface area contributed by atoms with Crippen LogP contribution >= 0.6 is 0 Å². The number of ether oxygens (including phenoxy) is 4. The van der Waals surface area contributed by atoms with Crippen LogP contribution in [0.2, 0.25) is 0 Å². The highest BCUT2D eigenvalue weighted by atomic mass is 16.7. The number of aromatic hydroxyl groups is 4. The highest BCUT2D eigenvalue weighted by Gasteiger charge is 2.51. The molecule has 2 saturated heterocycles. The zero-order valence-corrected chi connectivity index (χ0v) is 21.2. The van der Waals surface area contributed by atoms with E-state index in [0.29, 0.717) is 5.56 Å². The fraction of sp³-hybridized carbons (Fsp3) is 0.423. The number of aliphatic hydroxyl groups is 6. The van der Waals surface area contributed by atoms with Crippen LogP contribution in [-0.2, 0) is 14.2 Å². The SMILES string of the molecule is O=C(C=Cc1ccc(O)c(O)c1)c1ccc(O[C@@H]2O[C@H](CO)[C@@H](O[C@@H]3O[C@@H](CO)[C@H](O)[C@H]3O)[C@H](O)[C@H]2O)c(O)c1O. The molecule has 0 saturated carbocycles. The van der Waals surface area contributed by atoms with E-state index in [0.717, 1.165) is 18.2 Å². The Balaban J connectivity index is 1.45. The molecule has 0 aromatic heterocycles. The van der Waals surface area contributed by atoms with Crippen molar-refractivity contribution in [3.8, 4) is 28.7 Å². The standard InChI is InChI=1S/C26H30O15/c27-8-16-20(34)22(36)26(39-16)41-24-17(9-28)40-25(23(37)21(24)35)38-15-6-3-11(18(32)19(15)33)12(29)4-1-10-2-5-13(30)14(31)7-10/h1-7,16-17,20-28,30-37H,8-9H2/t16-,17+,20-,21+,22+,23+,24+,25+,26-/m0/s1. The molecular formula is C26H30O15. The molecule has 224 valence electrons. The van der Waals surface area contributed by atoms with Crippen LogP contribution in [0.4, 0.5) is 0 Å². The molecule has 0 unspecified atom stereocenters. The molecule has 15 heteroatoms. The van der Waals surface area contributed by atoms with Crippen molar-refractivity contribution < 1.29 is 74.8 Å². The van der Waals surface area contributed by atoms with E-state index in [2.05, 4.69) is 0 Å². The molecule has 2 fully saturated rings. The molecule has 4 rings (SSSR count). The lowest BCUT2D eigenvalue weighted by Gasteiger charge is -2.42. The summed E-state index contributed by atoms with van der Waals surface area (Å²) < 4.78 is 21.5. The summed E-state index contributed by atoms with van der Waals surface area (Å²) in [5.41, 5.74) is 0.0258. The predicted octanol–water partition coefficient (Wildman–Crippen LogP) is -1.95. The van der Waals surface area contributed by atoms with Gasteiger partial charge in [-0.25, -0.2) is 0 Å². The van der Waals surface area contributed by atoms with Crippen LogP contribution in [-0.4, -0.2) is 125 Å². The van der Waals surface area contributed by atoms with Gasteiger partial charge in [0.2, 0.25) is 12.0 Å². The first-order valence-corrected chi connectivity index (χ1v) is 12.3. The summed E-state index contributed by atoms with van der Waals surface area (Å²) in [6.45, 7) is -1.41. The monoisotopic (exact) mass is 582 g/mol. The molecule has 2 aliphatic heterocycles. The van der Waals surface area contributed by atoms with E-state index in [1.807, 2.05) is 0 Å². The van der Waals surface area contributed by atoms with Crippen molar-refractivity contribution in [2.45, 2.75) is 55.3 Å². The number of carbonyl (C=O) groups excluding carboxylic acids is 1. The topological polar surface area (TPSA) is 256 Å². The van der Waals surface area contributed by atoms with Crippen LogP contribution in [0.15, 0.2) is 36.4 Å². The molecule has 0 bridgehead atoms. The first kappa shape index (κ1) is 30.4. The van der Waals surface area contributed by atoms with E-state index in [9.17, 15) is 55.9 Å². The average Bonchev–Trinajstić information content (AvgIpc) is 3.23. The summed E-state index contributed by atoms with van der Waals surface area (Å²) in [7, 11) is 0. The maximum atomic E-state index is 12.6. The fourth-order valence-corrected chi connectivity index (χ4v) is 4.34. The third-order valence-corrected chi connectivity index (χ3v) is 6.66. The van der Waals surface area contributed by atoms with Crippen molar-refractivity contribution in [1.29, 1.82) is 0 Å². The molecule has 15 nitrogen and oxygen atoms in total. The first-order chi connectivity index (χ1) is 19.5. The molecule has 2 aromatic carbocycles. The Labute approximate surface area is 231 Å². The van der Waals surface area contributed by atoms with Crippen molar-refractivity contribution in [1.82, 2.24) is 0 Å². The predicted molar refractivity (Wildman–Crippen MR) is 134 cm³/mol. The number of phenols is 4. The minimum absolute atomic E-state index is 0.334. The normalized spacial score (nSPS) is 31.9. The van der Waals surface area contributed by atoms with Crippen molar-refractivity contribution in [3.05, 3.63) is 47.5 Å². The molecule has 2 heterocycles. The van der Waals surface area contributed by atoms with E-state index >= 15 is 0 Å². The maximum absolute atomic E-state index is 12.6. The van der Waals surface area contributed by atoms with E-state index in [-0.39, 0.29) is 11.3 Å². The van der Waals surface area contributed by atoms with Crippen LogP contribution in [0.3, 0.4) is 0 Å². The largest absolute Gasteiger partial charge is 0.504 e. The molecular weight excluding hydrogens is 552 g/mol. The van der Waals surface area contributed by atoms with Crippen LogP contribution in [0.25, 0.3) is 6.08 Å². The second-order valence-electron chi connectivity index (χ2n) is 9.39. The molecule has 0 amide bonds.